The molecule has 8 rings (SSSR count). The van der Waals surface area contributed by atoms with E-state index in [-0.39, 0.29) is 103 Å². The first-order valence-electron chi connectivity index (χ1n) is 19.5. The Morgan fingerprint density at radius 1 is 0.393 bits per heavy atom. The first-order chi connectivity index (χ1) is 26.5. The second kappa shape index (κ2) is 35.8. The van der Waals surface area contributed by atoms with Crippen LogP contribution in [0.25, 0.3) is 10.6 Å². The van der Waals surface area contributed by atoms with Gasteiger partial charge in [-0.25, -0.2) is 0 Å². The zero-order valence-corrected chi connectivity index (χ0v) is 41.4. The molecular formula is C46H62K2N4O4. The summed E-state index contributed by atoms with van der Waals surface area (Å²) in [5, 5.41) is 8.60. The molecule has 0 aliphatic carbocycles. The molecule has 0 spiro atoms. The second-order valence-corrected chi connectivity index (χ2v) is 13.4. The Morgan fingerprint density at radius 2 is 0.661 bits per heavy atom. The van der Waals surface area contributed by atoms with Crippen molar-refractivity contribution in [2.75, 3.05) is 52.9 Å². The Balaban J connectivity index is 0.000000368. The van der Waals surface area contributed by atoms with Gasteiger partial charge in [0.25, 0.3) is 0 Å². The normalized spacial score (nSPS) is 15.1. The number of aliphatic imine (C=N–C) groups is 2. The van der Waals surface area contributed by atoms with Crippen LogP contribution in [0.5, 0.6) is 0 Å². The van der Waals surface area contributed by atoms with Gasteiger partial charge in [0.1, 0.15) is 0 Å². The van der Waals surface area contributed by atoms with Crippen molar-refractivity contribution in [1.29, 1.82) is 0 Å². The van der Waals surface area contributed by atoms with Gasteiger partial charge in [0.15, 0.2) is 0 Å². The largest absolute Gasteiger partial charge is 1.00 e. The molecular weight excluding hydrogens is 751 g/mol. The van der Waals surface area contributed by atoms with Gasteiger partial charge in [0.2, 0.25) is 0 Å². The number of rotatable bonds is 6. The van der Waals surface area contributed by atoms with Gasteiger partial charge in [-0.05, 0) is 102 Å². The zero-order valence-electron chi connectivity index (χ0n) is 35.1. The summed E-state index contributed by atoms with van der Waals surface area (Å²) >= 11 is 0. The fourth-order valence-corrected chi connectivity index (χ4v) is 5.20. The van der Waals surface area contributed by atoms with Crippen LogP contribution in [-0.2, 0) is 18.9 Å². The molecule has 0 amide bonds. The van der Waals surface area contributed by atoms with Gasteiger partial charge in [0, 0.05) is 52.9 Å². The third-order valence-electron chi connectivity index (χ3n) is 8.14. The molecule has 10 heteroatoms. The van der Waals surface area contributed by atoms with Crippen molar-refractivity contribution in [2.45, 2.75) is 79.1 Å². The first kappa shape index (κ1) is 53.0. The summed E-state index contributed by atoms with van der Waals surface area (Å²) in [4.78, 5) is 8.60. The molecule has 0 aromatic heterocycles. The standard InChI is InChI=1S/2C15H15N2.4C4H8O.2K/c2*1-12-5-3-7-14(9-12)16-11-17-15-8-4-6-13(2)10-15;4*1-2-4-5-3-1;;/h2*3-11H,1-2H3;4*1-4H2;;/q2*-1;;;;;2*+1. The summed E-state index contributed by atoms with van der Waals surface area (Å²) in [6.45, 7) is 16.2. The Hall–Kier alpha value is -1.07. The van der Waals surface area contributed by atoms with Crippen molar-refractivity contribution < 1.29 is 122 Å². The molecule has 0 radical (unpaired) electrons. The Kier molecular flexibility index (Phi) is 33.9. The molecule has 0 unspecified atom stereocenters. The summed E-state index contributed by atoms with van der Waals surface area (Å²) in [6, 6.07) is 32.2. The fourth-order valence-electron chi connectivity index (χ4n) is 5.20. The van der Waals surface area contributed by atoms with Crippen molar-refractivity contribution in [2.24, 2.45) is 9.98 Å². The fraction of sp³-hybridized carbons (Fsp3) is 0.435. The van der Waals surface area contributed by atoms with Crippen LogP contribution >= 0.6 is 0 Å². The van der Waals surface area contributed by atoms with Gasteiger partial charge in [-0.2, -0.15) is 0 Å². The van der Waals surface area contributed by atoms with Gasteiger partial charge in [-0.15, -0.1) is 0 Å². The van der Waals surface area contributed by atoms with Crippen molar-refractivity contribution in [3.05, 3.63) is 130 Å². The van der Waals surface area contributed by atoms with E-state index in [1.807, 2.05) is 72.8 Å². The van der Waals surface area contributed by atoms with Crippen LogP contribution in [0.1, 0.15) is 73.6 Å². The molecule has 4 aliphatic rings. The molecule has 8 nitrogen and oxygen atoms in total. The van der Waals surface area contributed by atoms with Gasteiger partial charge >= 0.3 is 103 Å². The maximum Gasteiger partial charge on any atom is 1.00 e. The summed E-state index contributed by atoms with van der Waals surface area (Å²) in [6.07, 6.45) is 13.4. The van der Waals surface area contributed by atoms with E-state index in [2.05, 4.69) is 72.6 Å². The topological polar surface area (TPSA) is 89.8 Å². The summed E-state index contributed by atoms with van der Waals surface area (Å²) < 4.78 is 19.8. The number of hydrogen-bond donors (Lipinski definition) is 0. The minimum atomic E-state index is 0. The predicted octanol–water partition coefficient (Wildman–Crippen LogP) is 6.53. The molecule has 0 bridgehead atoms. The van der Waals surface area contributed by atoms with E-state index in [9.17, 15) is 0 Å². The molecule has 4 aromatic carbocycles. The van der Waals surface area contributed by atoms with Crippen LogP contribution in [0, 0.1) is 27.7 Å². The number of nitrogens with zero attached hydrogens (tertiary/aromatic N) is 4. The quantitative estimate of drug-likeness (QED) is 0.126. The third kappa shape index (κ3) is 28.4. The summed E-state index contributed by atoms with van der Waals surface area (Å²) in [5.41, 5.74) is 8.54. The molecule has 292 valence electrons. The van der Waals surface area contributed by atoms with Crippen molar-refractivity contribution >= 4 is 35.4 Å². The van der Waals surface area contributed by atoms with E-state index >= 15 is 0 Å². The van der Waals surface area contributed by atoms with Gasteiger partial charge < -0.3 is 39.6 Å². The maximum atomic E-state index is 4.94. The van der Waals surface area contributed by atoms with E-state index in [4.69, 9.17) is 18.9 Å². The average molecular weight is 813 g/mol. The minimum absolute atomic E-state index is 0. The third-order valence-corrected chi connectivity index (χ3v) is 8.14. The van der Waals surface area contributed by atoms with Gasteiger partial charge in [0.05, 0.1) is 0 Å². The van der Waals surface area contributed by atoms with Gasteiger partial charge in [-0.1, -0.05) is 132 Å². The number of ether oxygens (including phenoxy) is 4. The number of benzene rings is 4. The molecule has 4 aliphatic heterocycles. The Labute approximate surface area is 423 Å². The van der Waals surface area contributed by atoms with E-state index in [0.29, 0.717) is 0 Å². The van der Waals surface area contributed by atoms with Crippen LogP contribution in [0.15, 0.2) is 107 Å². The number of hydrogen-bond acceptors (Lipinski definition) is 6. The maximum absolute atomic E-state index is 4.94. The van der Waals surface area contributed by atoms with Crippen molar-refractivity contribution in [1.82, 2.24) is 0 Å². The molecule has 0 N–H and O–H groups in total. The average Bonchev–Trinajstić information content (AvgIpc) is 4.03. The minimum Gasteiger partial charge on any atom is -0.443 e. The van der Waals surface area contributed by atoms with E-state index in [1.165, 1.54) is 73.6 Å². The second-order valence-electron chi connectivity index (χ2n) is 13.4. The smallest absolute Gasteiger partial charge is 0.443 e. The van der Waals surface area contributed by atoms with Crippen molar-refractivity contribution in [3.63, 3.8) is 0 Å². The van der Waals surface area contributed by atoms with Crippen LogP contribution in [0.3, 0.4) is 0 Å². The van der Waals surface area contributed by atoms with Crippen LogP contribution in [-0.4, -0.2) is 65.5 Å². The molecule has 4 aromatic rings. The van der Waals surface area contributed by atoms with E-state index in [1.54, 1.807) is 12.7 Å². The zero-order chi connectivity index (χ0) is 38.3. The van der Waals surface area contributed by atoms with Crippen LogP contribution in [0.2, 0.25) is 0 Å². The molecule has 0 saturated carbocycles. The molecule has 4 fully saturated rings. The first-order valence-corrected chi connectivity index (χ1v) is 19.5. The predicted molar refractivity (Wildman–Crippen MR) is 227 cm³/mol. The van der Waals surface area contributed by atoms with Crippen molar-refractivity contribution in [3.8, 4) is 0 Å². The number of aryl methyl sites for hydroxylation is 4. The monoisotopic (exact) mass is 812 g/mol. The van der Waals surface area contributed by atoms with E-state index in [0.717, 1.165) is 75.6 Å². The molecule has 0 atom stereocenters. The van der Waals surface area contributed by atoms with Crippen LogP contribution in [0.4, 0.5) is 22.7 Å². The van der Waals surface area contributed by atoms with Gasteiger partial charge in [-0.3, -0.25) is 0 Å². The van der Waals surface area contributed by atoms with E-state index < -0.39 is 0 Å². The Morgan fingerprint density at radius 3 is 0.893 bits per heavy atom. The molecule has 4 saturated heterocycles. The SMILES string of the molecule is C1CCOC1.C1CCOC1.C1CCOC1.C1CCOC1.Cc1cccc(N=C[N-]c2cccc(C)c2)c1.Cc1cccc(N=C[N-]c2cccc(C)c2)c1.[K+].[K+]. The summed E-state index contributed by atoms with van der Waals surface area (Å²) in [5.74, 6) is 0. The van der Waals surface area contributed by atoms with Crippen LogP contribution < -0.4 is 103 Å². The molecule has 4 heterocycles. The Bertz CT molecular complexity index is 1440. The summed E-state index contributed by atoms with van der Waals surface area (Å²) in [7, 11) is 0. The molecule has 56 heavy (non-hydrogen) atoms.